The minimum Gasteiger partial charge on any atom is -0.354 e. The van der Waals surface area contributed by atoms with Gasteiger partial charge in [0.1, 0.15) is 0 Å². The molecule has 5 heteroatoms. The number of nitrogens with one attached hydrogen (secondary N) is 3. The Labute approximate surface area is 182 Å². The van der Waals surface area contributed by atoms with E-state index in [-0.39, 0.29) is 5.91 Å². The lowest BCUT2D eigenvalue weighted by Gasteiger charge is -2.15. The highest BCUT2D eigenvalue weighted by atomic mass is 35.5. The smallest absolute Gasteiger partial charge is 0.258 e. The van der Waals surface area contributed by atoms with Crippen molar-refractivity contribution in [1.29, 1.82) is 0 Å². The van der Waals surface area contributed by atoms with E-state index in [1.54, 1.807) is 12.1 Å². The van der Waals surface area contributed by atoms with Crippen LogP contribution in [-0.4, -0.2) is 11.9 Å². The molecular formula is C25H24ClN3O. The zero-order chi connectivity index (χ0) is 21.1. The first kappa shape index (κ1) is 20.2. The fraction of sp³-hybridized carbons (Fsp3) is 0.160. The van der Waals surface area contributed by atoms with E-state index in [9.17, 15) is 4.79 Å². The molecule has 0 fully saturated rings. The normalized spacial score (nSPS) is 14.5. The Morgan fingerprint density at radius 1 is 1.00 bits per heavy atom. The van der Waals surface area contributed by atoms with Crippen molar-refractivity contribution in [2.75, 3.05) is 10.6 Å². The van der Waals surface area contributed by atoms with E-state index >= 15 is 0 Å². The van der Waals surface area contributed by atoms with Crippen LogP contribution < -0.4 is 16.0 Å². The second kappa shape index (κ2) is 8.74. The van der Waals surface area contributed by atoms with E-state index in [1.807, 2.05) is 48.5 Å². The maximum Gasteiger partial charge on any atom is 0.258 e. The van der Waals surface area contributed by atoms with Gasteiger partial charge in [0.05, 0.1) is 17.0 Å². The number of benzene rings is 3. The number of fused-ring (bicyclic) bond motifs is 1. The van der Waals surface area contributed by atoms with Gasteiger partial charge in [0.25, 0.3) is 5.91 Å². The first-order chi connectivity index (χ1) is 14.5. The summed E-state index contributed by atoms with van der Waals surface area (Å²) in [6, 6.07) is 24.1. The molecule has 0 saturated carbocycles. The number of rotatable bonds is 6. The fourth-order valence-corrected chi connectivity index (χ4v) is 3.62. The van der Waals surface area contributed by atoms with Crippen molar-refractivity contribution >= 4 is 40.2 Å². The van der Waals surface area contributed by atoms with E-state index in [0.29, 0.717) is 16.6 Å². The van der Waals surface area contributed by atoms with Crippen molar-refractivity contribution in [3.63, 3.8) is 0 Å². The van der Waals surface area contributed by atoms with Crippen LogP contribution in [0.25, 0.3) is 11.3 Å². The monoisotopic (exact) mass is 417 g/mol. The molecule has 0 bridgehead atoms. The number of carbonyl (C=O) groups is 1. The molecule has 0 atom stereocenters. The summed E-state index contributed by atoms with van der Waals surface area (Å²) in [5.41, 5.74) is 6.02. The minimum absolute atomic E-state index is 0.142. The summed E-state index contributed by atoms with van der Waals surface area (Å²) >= 11 is 6.12. The summed E-state index contributed by atoms with van der Waals surface area (Å²) < 4.78 is 0. The van der Waals surface area contributed by atoms with Gasteiger partial charge in [-0.15, -0.1) is 0 Å². The average Bonchev–Trinajstić information content (AvgIpc) is 3.06. The van der Waals surface area contributed by atoms with E-state index in [0.717, 1.165) is 34.7 Å². The highest BCUT2D eigenvalue weighted by Crippen LogP contribution is 2.38. The van der Waals surface area contributed by atoms with Gasteiger partial charge in [-0.05, 0) is 35.4 Å². The Bertz CT molecular complexity index is 1090. The zero-order valence-electron chi connectivity index (χ0n) is 17.0. The minimum atomic E-state index is -0.142. The van der Waals surface area contributed by atoms with Gasteiger partial charge in [-0.1, -0.05) is 74.0 Å². The first-order valence-corrected chi connectivity index (χ1v) is 10.4. The molecule has 3 aromatic carbocycles. The van der Waals surface area contributed by atoms with Crippen LogP contribution in [0.2, 0.25) is 5.02 Å². The number of hydrogen-bond donors (Lipinski definition) is 3. The molecule has 0 unspecified atom stereocenters. The van der Waals surface area contributed by atoms with Gasteiger partial charge >= 0.3 is 0 Å². The molecule has 1 heterocycles. The molecule has 3 N–H and O–H groups in total. The molecular weight excluding hydrogens is 394 g/mol. The van der Waals surface area contributed by atoms with Crippen molar-refractivity contribution in [2.24, 2.45) is 0 Å². The summed E-state index contributed by atoms with van der Waals surface area (Å²) in [6.45, 7) is 5.08. The number of amides is 1. The van der Waals surface area contributed by atoms with Crippen LogP contribution in [0.3, 0.4) is 0 Å². The van der Waals surface area contributed by atoms with Gasteiger partial charge < -0.3 is 16.0 Å². The third-order valence-corrected chi connectivity index (χ3v) is 5.21. The summed E-state index contributed by atoms with van der Waals surface area (Å²) in [6.07, 6.45) is 0. The Hall–Kier alpha value is -3.08. The maximum absolute atomic E-state index is 12.9. The lowest BCUT2D eigenvalue weighted by Crippen LogP contribution is -2.21. The van der Waals surface area contributed by atoms with Crippen LogP contribution >= 0.6 is 11.6 Å². The highest BCUT2D eigenvalue weighted by molar-refractivity contribution is 6.38. The summed E-state index contributed by atoms with van der Waals surface area (Å²) in [7, 11) is 0. The molecule has 4 rings (SSSR count). The maximum atomic E-state index is 12.9. The third kappa shape index (κ3) is 4.40. The lowest BCUT2D eigenvalue weighted by atomic mass is 10.00. The molecule has 1 aliphatic heterocycles. The SMILES string of the molecule is CC(C)NCc1ccc(N/C(=C2\C(=O)Nc3cc(Cl)ccc32)c2ccccc2)cc1. The number of anilines is 2. The fourth-order valence-electron chi connectivity index (χ4n) is 3.45. The van der Waals surface area contributed by atoms with Gasteiger partial charge in [0, 0.05) is 28.9 Å². The molecule has 4 nitrogen and oxygen atoms in total. The van der Waals surface area contributed by atoms with Crippen molar-refractivity contribution in [1.82, 2.24) is 5.32 Å². The van der Waals surface area contributed by atoms with Crippen LogP contribution in [0.4, 0.5) is 11.4 Å². The van der Waals surface area contributed by atoms with Gasteiger partial charge in [0.15, 0.2) is 0 Å². The molecule has 30 heavy (non-hydrogen) atoms. The molecule has 3 aromatic rings. The quantitative estimate of drug-likeness (QED) is 0.446. The molecule has 1 amide bonds. The zero-order valence-corrected chi connectivity index (χ0v) is 17.8. The third-order valence-electron chi connectivity index (χ3n) is 4.98. The van der Waals surface area contributed by atoms with Crippen LogP contribution in [0.5, 0.6) is 0 Å². The molecule has 0 spiro atoms. The van der Waals surface area contributed by atoms with E-state index in [1.165, 1.54) is 5.56 Å². The second-order valence-electron chi connectivity index (χ2n) is 7.62. The van der Waals surface area contributed by atoms with Crippen molar-refractivity contribution in [3.8, 4) is 0 Å². The molecule has 0 aromatic heterocycles. The molecule has 0 aliphatic carbocycles. The van der Waals surface area contributed by atoms with Gasteiger partial charge in [-0.25, -0.2) is 0 Å². The van der Waals surface area contributed by atoms with E-state index in [4.69, 9.17) is 11.6 Å². The number of halogens is 1. The van der Waals surface area contributed by atoms with Crippen LogP contribution in [0, 0.1) is 0 Å². The van der Waals surface area contributed by atoms with Crippen molar-refractivity contribution in [2.45, 2.75) is 26.4 Å². The van der Waals surface area contributed by atoms with Gasteiger partial charge in [0.2, 0.25) is 0 Å². The van der Waals surface area contributed by atoms with Gasteiger partial charge in [-0.3, -0.25) is 4.79 Å². The molecule has 152 valence electrons. The molecule has 0 radical (unpaired) electrons. The predicted octanol–water partition coefficient (Wildman–Crippen LogP) is 5.77. The second-order valence-corrected chi connectivity index (χ2v) is 8.05. The predicted molar refractivity (Wildman–Crippen MR) is 125 cm³/mol. The van der Waals surface area contributed by atoms with Gasteiger partial charge in [-0.2, -0.15) is 0 Å². The topological polar surface area (TPSA) is 53.2 Å². The number of hydrogen-bond acceptors (Lipinski definition) is 3. The van der Waals surface area contributed by atoms with Crippen LogP contribution in [0.1, 0.15) is 30.5 Å². The average molecular weight is 418 g/mol. The van der Waals surface area contributed by atoms with Crippen molar-refractivity contribution < 1.29 is 4.79 Å². The summed E-state index contributed by atoms with van der Waals surface area (Å²) in [5, 5.41) is 10.4. The highest BCUT2D eigenvalue weighted by Gasteiger charge is 2.28. The van der Waals surface area contributed by atoms with Crippen LogP contribution in [-0.2, 0) is 11.3 Å². The first-order valence-electron chi connectivity index (χ1n) is 10.0. The van der Waals surface area contributed by atoms with Crippen molar-refractivity contribution in [3.05, 3.63) is 94.5 Å². The Morgan fingerprint density at radius 3 is 2.43 bits per heavy atom. The summed E-state index contributed by atoms with van der Waals surface area (Å²) in [5.74, 6) is -0.142. The molecule has 0 saturated heterocycles. The lowest BCUT2D eigenvalue weighted by molar-refractivity contribution is -0.110. The molecule has 1 aliphatic rings. The van der Waals surface area contributed by atoms with E-state index < -0.39 is 0 Å². The number of carbonyl (C=O) groups excluding carboxylic acids is 1. The van der Waals surface area contributed by atoms with E-state index in [2.05, 4.69) is 41.9 Å². The Balaban J connectivity index is 1.73. The Kier molecular flexibility index (Phi) is 5.88. The largest absolute Gasteiger partial charge is 0.354 e. The van der Waals surface area contributed by atoms with Crippen LogP contribution in [0.15, 0.2) is 72.8 Å². The Morgan fingerprint density at radius 2 is 1.73 bits per heavy atom. The standard InChI is InChI=1S/C25H24ClN3O/c1-16(2)27-15-17-8-11-20(12-9-17)28-24(18-6-4-3-5-7-18)23-21-13-10-19(26)14-22(21)29-25(23)30/h3-14,16,27-28H,15H2,1-2H3,(H,29,30)/b24-23-. The summed E-state index contributed by atoms with van der Waals surface area (Å²) in [4.78, 5) is 12.9.